The Kier molecular flexibility index (Phi) is 5.51. The normalized spacial score (nSPS) is 12.3. The molecule has 1 aromatic heterocycles. The first-order valence-corrected chi connectivity index (χ1v) is 8.82. The molecule has 1 heterocycles. The molecule has 0 saturated heterocycles. The minimum Gasteiger partial charge on any atom is -0.389 e. The van der Waals surface area contributed by atoms with Crippen LogP contribution in [0.4, 0.5) is 16.4 Å². The molecule has 0 fully saturated rings. The zero-order valence-corrected chi connectivity index (χ0v) is 16.8. The predicted molar refractivity (Wildman–Crippen MR) is 107 cm³/mol. The van der Waals surface area contributed by atoms with E-state index in [9.17, 15) is 14.7 Å². The zero-order valence-electron chi connectivity index (χ0n) is 16.8. The molecule has 0 aliphatic heterocycles. The van der Waals surface area contributed by atoms with Gasteiger partial charge in [0.25, 0.3) is 0 Å². The number of benzene rings is 1. The van der Waals surface area contributed by atoms with Gasteiger partial charge in [-0.15, -0.1) is 0 Å². The molecule has 2 aromatic rings. The van der Waals surface area contributed by atoms with Gasteiger partial charge >= 0.3 is 6.03 Å². The largest absolute Gasteiger partial charge is 0.389 e. The lowest BCUT2D eigenvalue weighted by Gasteiger charge is -2.23. The van der Waals surface area contributed by atoms with Crippen molar-refractivity contribution in [1.29, 1.82) is 0 Å². The van der Waals surface area contributed by atoms with Crippen molar-refractivity contribution in [2.24, 2.45) is 11.1 Å². The Morgan fingerprint density at radius 3 is 2.41 bits per heavy atom. The van der Waals surface area contributed by atoms with E-state index in [1.165, 1.54) is 0 Å². The number of amides is 3. The van der Waals surface area contributed by atoms with Gasteiger partial charge in [-0.05, 0) is 37.5 Å². The van der Waals surface area contributed by atoms with Crippen molar-refractivity contribution in [3.8, 4) is 0 Å². The second-order valence-corrected chi connectivity index (χ2v) is 8.69. The Balaban J connectivity index is 2.44. The minimum atomic E-state index is -1.01. The lowest BCUT2D eigenvalue weighted by Crippen LogP contribution is -2.29. The smallest absolute Gasteiger partial charge is 0.318 e. The van der Waals surface area contributed by atoms with Crippen LogP contribution < -0.4 is 16.0 Å². The van der Waals surface area contributed by atoms with Gasteiger partial charge < -0.3 is 20.3 Å². The molecule has 4 N–H and O–H groups in total. The summed E-state index contributed by atoms with van der Waals surface area (Å²) in [6.07, 6.45) is 0.420. The summed E-state index contributed by atoms with van der Waals surface area (Å²) in [6.45, 7) is 9.60. The molecule has 0 bridgehead atoms. The van der Waals surface area contributed by atoms with Gasteiger partial charge in [0, 0.05) is 19.2 Å². The summed E-state index contributed by atoms with van der Waals surface area (Å²) in [5.74, 6) is 0.258. The Bertz CT molecular complexity index is 859. The Labute approximate surface area is 159 Å². The fourth-order valence-electron chi connectivity index (χ4n) is 2.80. The van der Waals surface area contributed by atoms with E-state index in [1.807, 2.05) is 32.9 Å². The number of anilines is 2. The van der Waals surface area contributed by atoms with Crippen LogP contribution >= 0.6 is 0 Å². The van der Waals surface area contributed by atoms with Crippen LogP contribution in [-0.2, 0) is 11.3 Å². The molecule has 8 nitrogen and oxygen atoms in total. The number of nitrogens with one attached hydrogen (secondary N) is 1. The van der Waals surface area contributed by atoms with E-state index in [0.717, 1.165) is 5.52 Å². The van der Waals surface area contributed by atoms with Gasteiger partial charge in [-0.3, -0.25) is 10.1 Å². The highest BCUT2D eigenvalue weighted by molar-refractivity contribution is 5.96. The first-order valence-electron chi connectivity index (χ1n) is 8.82. The first kappa shape index (κ1) is 20.7. The third kappa shape index (κ3) is 5.43. The van der Waals surface area contributed by atoms with Gasteiger partial charge in [-0.1, -0.05) is 20.8 Å². The molecular formula is C19H29N5O3. The molecule has 0 spiro atoms. The van der Waals surface area contributed by atoms with E-state index in [-0.39, 0.29) is 23.8 Å². The number of carbonyl (C=O) groups excluding carboxylic acids is 2. The molecule has 2 rings (SSSR count). The quantitative estimate of drug-likeness (QED) is 0.745. The molecule has 0 saturated carbocycles. The Morgan fingerprint density at radius 1 is 1.26 bits per heavy atom. The summed E-state index contributed by atoms with van der Waals surface area (Å²) >= 11 is 0. The summed E-state index contributed by atoms with van der Waals surface area (Å²) < 4.78 is 1.70. The van der Waals surface area contributed by atoms with Gasteiger partial charge in [0.1, 0.15) is 0 Å². The van der Waals surface area contributed by atoms with Crippen molar-refractivity contribution in [2.75, 3.05) is 17.3 Å². The molecular weight excluding hydrogens is 346 g/mol. The van der Waals surface area contributed by atoms with Crippen LogP contribution in [0, 0.1) is 5.41 Å². The molecule has 0 atom stereocenters. The Morgan fingerprint density at radius 2 is 1.89 bits per heavy atom. The molecule has 0 unspecified atom stereocenters. The number of nitrogens with zero attached hydrogens (tertiary/aromatic N) is 3. The van der Waals surface area contributed by atoms with Crippen molar-refractivity contribution >= 4 is 34.6 Å². The van der Waals surface area contributed by atoms with Crippen molar-refractivity contribution in [3.63, 3.8) is 0 Å². The lowest BCUT2D eigenvalue weighted by molar-refractivity contribution is -0.120. The van der Waals surface area contributed by atoms with E-state index in [4.69, 9.17) is 5.73 Å². The van der Waals surface area contributed by atoms with E-state index in [2.05, 4.69) is 10.3 Å². The second-order valence-electron chi connectivity index (χ2n) is 8.69. The number of aliphatic hydroxyl groups is 1. The highest BCUT2D eigenvalue weighted by Crippen LogP contribution is 2.28. The summed E-state index contributed by atoms with van der Waals surface area (Å²) in [5, 5.41) is 12.7. The zero-order chi connectivity index (χ0) is 20.6. The number of nitrogens with two attached hydrogens (primary N) is 1. The van der Waals surface area contributed by atoms with Crippen molar-refractivity contribution < 1.29 is 14.7 Å². The summed E-state index contributed by atoms with van der Waals surface area (Å²) in [6, 6.07) is 4.68. The van der Waals surface area contributed by atoms with Crippen LogP contribution in [-0.4, -0.2) is 39.2 Å². The summed E-state index contributed by atoms with van der Waals surface area (Å²) in [5.41, 5.74) is 6.13. The molecule has 0 radical (unpaired) electrons. The number of fused-ring (bicyclic) bond motifs is 1. The van der Waals surface area contributed by atoms with Crippen molar-refractivity contribution in [2.45, 2.75) is 53.2 Å². The van der Waals surface area contributed by atoms with Crippen LogP contribution in [0.25, 0.3) is 11.0 Å². The molecule has 27 heavy (non-hydrogen) atoms. The maximum Gasteiger partial charge on any atom is 0.318 e. The van der Waals surface area contributed by atoms with Gasteiger partial charge in [-0.2, -0.15) is 0 Å². The molecule has 1 aromatic carbocycles. The molecule has 0 aliphatic carbocycles. The van der Waals surface area contributed by atoms with E-state index >= 15 is 0 Å². The van der Waals surface area contributed by atoms with Crippen molar-refractivity contribution in [3.05, 3.63) is 18.2 Å². The lowest BCUT2D eigenvalue weighted by atomic mass is 9.91. The highest BCUT2D eigenvalue weighted by atomic mass is 16.3. The van der Waals surface area contributed by atoms with Gasteiger partial charge in [0.2, 0.25) is 11.9 Å². The fraction of sp³-hybridized carbons (Fsp3) is 0.526. The number of carbonyl (C=O) groups is 2. The van der Waals surface area contributed by atoms with Crippen molar-refractivity contribution in [1.82, 2.24) is 9.55 Å². The number of imidazole rings is 1. The monoisotopic (exact) mass is 375 g/mol. The summed E-state index contributed by atoms with van der Waals surface area (Å²) in [7, 11) is 1.73. The SMILES string of the molecule is CN(C(=O)CC(C)(C)C)c1ccc2c(c1)nc(NC(N)=O)n2CC(C)(C)O. The van der Waals surface area contributed by atoms with Crippen LogP contribution in [0.5, 0.6) is 0 Å². The topological polar surface area (TPSA) is 113 Å². The van der Waals surface area contributed by atoms with E-state index < -0.39 is 11.6 Å². The predicted octanol–water partition coefficient (Wildman–Crippen LogP) is 2.70. The minimum absolute atomic E-state index is 0.00765. The fourth-order valence-corrected chi connectivity index (χ4v) is 2.80. The number of primary amides is 1. The number of aromatic nitrogens is 2. The number of hydrogen-bond donors (Lipinski definition) is 3. The number of hydrogen-bond acceptors (Lipinski definition) is 4. The third-order valence-corrected chi connectivity index (χ3v) is 3.95. The third-order valence-electron chi connectivity index (χ3n) is 3.95. The van der Waals surface area contributed by atoms with E-state index in [1.54, 1.807) is 36.4 Å². The molecule has 8 heteroatoms. The molecule has 3 amide bonds. The van der Waals surface area contributed by atoms with Crippen LogP contribution in [0.2, 0.25) is 0 Å². The average molecular weight is 375 g/mol. The van der Waals surface area contributed by atoms with Crippen LogP contribution in [0.3, 0.4) is 0 Å². The van der Waals surface area contributed by atoms with Gasteiger partial charge in [0.15, 0.2) is 0 Å². The Hall–Kier alpha value is -2.61. The van der Waals surface area contributed by atoms with Crippen LogP contribution in [0.1, 0.15) is 41.0 Å². The van der Waals surface area contributed by atoms with Crippen LogP contribution in [0.15, 0.2) is 18.2 Å². The first-order chi connectivity index (χ1) is 12.3. The average Bonchev–Trinajstić information content (AvgIpc) is 2.79. The standard InChI is InChI=1S/C19H29N5O3/c1-18(2,3)10-15(25)23(6)12-7-8-14-13(9-12)21-17(22-16(20)26)24(14)11-19(4,5)27/h7-9,27H,10-11H2,1-6H3,(H3,20,21,22,26). The second kappa shape index (κ2) is 7.19. The molecule has 0 aliphatic rings. The molecule has 148 valence electrons. The van der Waals surface area contributed by atoms with Gasteiger partial charge in [-0.25, -0.2) is 9.78 Å². The van der Waals surface area contributed by atoms with Gasteiger partial charge in [0.05, 0.1) is 23.2 Å². The maximum absolute atomic E-state index is 12.5. The number of rotatable bonds is 5. The summed E-state index contributed by atoms with van der Waals surface area (Å²) in [4.78, 5) is 29.8. The highest BCUT2D eigenvalue weighted by Gasteiger charge is 2.22. The van der Waals surface area contributed by atoms with E-state index in [0.29, 0.717) is 17.6 Å². The number of urea groups is 1. The maximum atomic E-state index is 12.5.